The van der Waals surface area contributed by atoms with Crippen LogP contribution in [0, 0.1) is 0 Å². The largest absolute Gasteiger partial charge is 0.471 e. The first-order valence-electron chi connectivity index (χ1n) is 7.62. The van der Waals surface area contributed by atoms with Gasteiger partial charge in [0, 0.05) is 12.5 Å². The average molecular weight is 393 g/mol. The third-order valence-corrected chi connectivity index (χ3v) is 3.59. The fourth-order valence-electron chi connectivity index (χ4n) is 2.16. The number of halogens is 4. The molecule has 2 heterocycles. The molecule has 0 aliphatic carbocycles. The van der Waals surface area contributed by atoms with E-state index in [-0.39, 0.29) is 24.4 Å². The lowest BCUT2D eigenvalue weighted by Gasteiger charge is -2.16. The summed E-state index contributed by atoms with van der Waals surface area (Å²) in [6.07, 6.45) is -2.93. The Labute approximate surface area is 150 Å². The van der Waals surface area contributed by atoms with Crippen LogP contribution < -0.4 is 15.0 Å². The molecule has 1 aromatic rings. The molecule has 148 valence electrons. The van der Waals surface area contributed by atoms with Gasteiger partial charge in [-0.2, -0.15) is 8.78 Å². The van der Waals surface area contributed by atoms with Crippen LogP contribution in [0.25, 0.3) is 0 Å². The predicted octanol–water partition coefficient (Wildman–Crippen LogP) is 1.74. The molecule has 1 atom stereocenters. The molecule has 3 amide bonds. The van der Waals surface area contributed by atoms with Crippen LogP contribution in [-0.2, 0) is 14.3 Å². The summed E-state index contributed by atoms with van der Waals surface area (Å²) in [5.41, 5.74) is 0.0195. The lowest BCUT2D eigenvalue weighted by atomic mass is 10.1. The number of urea groups is 1. The fourth-order valence-corrected chi connectivity index (χ4v) is 2.16. The summed E-state index contributed by atoms with van der Waals surface area (Å²) in [6.45, 7) is -1.57. The minimum atomic E-state index is -4.34. The third-order valence-electron chi connectivity index (χ3n) is 3.59. The second-order valence-corrected chi connectivity index (χ2v) is 5.50. The summed E-state index contributed by atoms with van der Waals surface area (Å²) >= 11 is 0. The molecule has 1 aromatic heterocycles. The van der Waals surface area contributed by atoms with E-state index in [0.717, 1.165) is 17.2 Å². The van der Waals surface area contributed by atoms with E-state index in [1.54, 1.807) is 0 Å². The standard InChI is InChI=1S/C15H15F4N3O5/c1-26-11(23)5-3-9-12(24)22(14(25)21-9)8-2-4-10(20-6-8)27-7-15(18,19)13(16)17/h2,4,6,9,13H,3,5,7H2,1H3,(H,21,25)/t9-/m1/s1. The summed E-state index contributed by atoms with van der Waals surface area (Å²) < 4.78 is 58.7. The van der Waals surface area contributed by atoms with E-state index in [1.807, 2.05) is 0 Å². The lowest BCUT2D eigenvalue weighted by molar-refractivity contribution is -0.148. The molecule has 2 rings (SSSR count). The van der Waals surface area contributed by atoms with Gasteiger partial charge < -0.3 is 14.8 Å². The Morgan fingerprint density at radius 3 is 2.63 bits per heavy atom. The molecular weight excluding hydrogens is 378 g/mol. The molecule has 0 unspecified atom stereocenters. The van der Waals surface area contributed by atoms with Gasteiger partial charge in [-0.3, -0.25) is 9.59 Å². The first kappa shape index (κ1) is 20.4. The van der Waals surface area contributed by atoms with Crippen molar-refractivity contribution in [3.63, 3.8) is 0 Å². The second kappa shape index (κ2) is 8.18. The molecule has 0 saturated carbocycles. The number of carbonyl (C=O) groups is 3. The van der Waals surface area contributed by atoms with Gasteiger partial charge in [0.2, 0.25) is 5.88 Å². The van der Waals surface area contributed by atoms with E-state index >= 15 is 0 Å². The van der Waals surface area contributed by atoms with Crippen molar-refractivity contribution in [3.05, 3.63) is 18.3 Å². The van der Waals surface area contributed by atoms with Crippen molar-refractivity contribution in [2.45, 2.75) is 31.2 Å². The SMILES string of the molecule is COC(=O)CC[C@H]1NC(=O)N(c2ccc(OCC(F)(F)C(F)F)nc2)C1=O. The van der Waals surface area contributed by atoms with E-state index in [4.69, 9.17) is 0 Å². The molecule has 1 fully saturated rings. The number of rotatable bonds is 8. The Balaban J connectivity index is 2.00. The van der Waals surface area contributed by atoms with E-state index in [9.17, 15) is 31.9 Å². The molecule has 1 N–H and O–H groups in total. The minimum absolute atomic E-state index is 0.0195. The highest BCUT2D eigenvalue weighted by Crippen LogP contribution is 2.25. The zero-order valence-electron chi connectivity index (χ0n) is 14.0. The minimum Gasteiger partial charge on any atom is -0.471 e. The van der Waals surface area contributed by atoms with Gasteiger partial charge in [-0.15, -0.1) is 0 Å². The molecular formula is C15H15F4N3O5. The molecule has 8 nitrogen and oxygen atoms in total. The Hall–Kier alpha value is -2.92. The van der Waals surface area contributed by atoms with Gasteiger partial charge in [0.1, 0.15) is 6.04 Å². The van der Waals surface area contributed by atoms with Crippen LogP contribution in [0.5, 0.6) is 5.88 Å². The van der Waals surface area contributed by atoms with Gasteiger partial charge in [0.05, 0.1) is 19.0 Å². The normalized spacial score (nSPS) is 17.3. The monoisotopic (exact) mass is 393 g/mol. The van der Waals surface area contributed by atoms with Crippen molar-refractivity contribution in [3.8, 4) is 5.88 Å². The van der Waals surface area contributed by atoms with Gasteiger partial charge >= 0.3 is 24.3 Å². The van der Waals surface area contributed by atoms with Crippen molar-refractivity contribution in [2.24, 2.45) is 0 Å². The highest BCUT2D eigenvalue weighted by molar-refractivity contribution is 6.21. The number of methoxy groups -OCH3 is 1. The number of hydrogen-bond donors (Lipinski definition) is 1. The first-order chi connectivity index (χ1) is 12.7. The summed E-state index contributed by atoms with van der Waals surface area (Å²) in [4.78, 5) is 39.8. The maximum Gasteiger partial charge on any atom is 0.340 e. The number of amides is 3. The van der Waals surface area contributed by atoms with Gasteiger partial charge in [0.15, 0.2) is 6.61 Å². The van der Waals surface area contributed by atoms with Crippen LogP contribution >= 0.6 is 0 Å². The summed E-state index contributed by atoms with van der Waals surface area (Å²) in [5, 5.41) is 2.39. The number of esters is 1. The number of alkyl halides is 4. The topological polar surface area (TPSA) is 97.8 Å². The van der Waals surface area contributed by atoms with Gasteiger partial charge in [0.25, 0.3) is 5.91 Å². The van der Waals surface area contributed by atoms with Crippen molar-refractivity contribution < 1.29 is 41.4 Å². The number of anilines is 1. The number of imide groups is 1. The van der Waals surface area contributed by atoms with Crippen molar-refractivity contribution in [2.75, 3.05) is 18.6 Å². The van der Waals surface area contributed by atoms with Gasteiger partial charge in [-0.25, -0.2) is 23.5 Å². The van der Waals surface area contributed by atoms with Crippen molar-refractivity contribution in [1.82, 2.24) is 10.3 Å². The highest BCUT2D eigenvalue weighted by Gasteiger charge is 2.42. The van der Waals surface area contributed by atoms with Crippen LogP contribution in [0.3, 0.4) is 0 Å². The summed E-state index contributed by atoms with van der Waals surface area (Å²) in [6, 6.07) is 0.550. The third kappa shape index (κ3) is 4.83. The Bertz CT molecular complexity index is 714. The smallest absolute Gasteiger partial charge is 0.340 e. The number of nitrogens with zero attached hydrogens (tertiary/aromatic N) is 2. The highest BCUT2D eigenvalue weighted by atomic mass is 19.3. The molecule has 1 aliphatic heterocycles. The maximum atomic E-state index is 12.8. The average Bonchev–Trinajstić information content (AvgIpc) is 2.92. The number of aromatic nitrogens is 1. The van der Waals surface area contributed by atoms with Gasteiger partial charge in [-0.1, -0.05) is 0 Å². The molecule has 27 heavy (non-hydrogen) atoms. The van der Waals surface area contributed by atoms with E-state index in [0.29, 0.717) is 0 Å². The summed E-state index contributed by atoms with van der Waals surface area (Å²) in [7, 11) is 1.19. The number of carbonyl (C=O) groups excluding carboxylic acids is 3. The summed E-state index contributed by atoms with van der Waals surface area (Å²) in [5.74, 6) is -5.89. The molecule has 0 aromatic carbocycles. The zero-order valence-corrected chi connectivity index (χ0v) is 14.0. The number of ether oxygens (including phenoxy) is 2. The molecule has 1 saturated heterocycles. The number of nitrogens with one attached hydrogen (secondary N) is 1. The number of pyridine rings is 1. The molecule has 1 aliphatic rings. The Kier molecular flexibility index (Phi) is 6.18. The van der Waals surface area contributed by atoms with Crippen LogP contribution in [0.4, 0.5) is 28.0 Å². The molecule has 0 radical (unpaired) electrons. The first-order valence-corrected chi connectivity index (χ1v) is 7.62. The molecule has 12 heteroatoms. The number of hydrogen-bond acceptors (Lipinski definition) is 6. The van der Waals surface area contributed by atoms with Crippen LogP contribution in [0.2, 0.25) is 0 Å². The van der Waals surface area contributed by atoms with Crippen molar-refractivity contribution in [1.29, 1.82) is 0 Å². The quantitative estimate of drug-likeness (QED) is 0.411. The van der Waals surface area contributed by atoms with E-state index in [1.165, 1.54) is 13.2 Å². The zero-order chi connectivity index (χ0) is 20.2. The Morgan fingerprint density at radius 1 is 1.37 bits per heavy atom. The van der Waals surface area contributed by atoms with Crippen LogP contribution in [0.1, 0.15) is 12.8 Å². The van der Waals surface area contributed by atoms with Crippen molar-refractivity contribution >= 4 is 23.6 Å². The second-order valence-electron chi connectivity index (χ2n) is 5.50. The lowest BCUT2D eigenvalue weighted by Crippen LogP contribution is -2.34. The maximum absolute atomic E-state index is 12.8. The Morgan fingerprint density at radius 2 is 2.07 bits per heavy atom. The van der Waals surface area contributed by atoms with E-state index in [2.05, 4.69) is 19.8 Å². The fraction of sp³-hybridized carbons (Fsp3) is 0.467. The van der Waals surface area contributed by atoms with Crippen LogP contribution in [-0.4, -0.2) is 55.0 Å². The van der Waals surface area contributed by atoms with Gasteiger partial charge in [-0.05, 0) is 12.5 Å². The molecule has 0 spiro atoms. The van der Waals surface area contributed by atoms with Crippen LogP contribution in [0.15, 0.2) is 18.3 Å². The predicted molar refractivity (Wildman–Crippen MR) is 81.7 cm³/mol. The molecule has 0 bridgehead atoms. The van der Waals surface area contributed by atoms with E-state index < -0.39 is 42.9 Å².